The number of fused-ring (bicyclic) bond motifs is 5. The number of hydrogen-bond acceptors (Lipinski definition) is 0. The zero-order valence-electron chi connectivity index (χ0n) is 35.2. The molecule has 5 aromatic carbocycles. The largest absolute Gasteiger partial charge is 1.00 e. The standard InChI is InChI=1S/C25H25.C15H14.C12H19.2ClH.Zr/c1-14-12-24(3,4)22-8-16-7-17-9-23-19(15(2)13-25(23,5)6)11-21(17)20(16)10-18(14)22;1-12-3-7-14(8-4-12)11-15-9-5-13(2)6-10-15;1-9(2)10-6-7-11(8-10)12(3,4)5;;;/h7-13H,1-6H3;3-10H,1-2H3;7-10H,1-5H3;2*1H;/q-1;;-1;;;+2/p-2. The summed E-state index contributed by atoms with van der Waals surface area (Å²) in [7, 11) is 0. The van der Waals surface area contributed by atoms with Crippen LogP contribution in [0.25, 0.3) is 32.7 Å². The van der Waals surface area contributed by atoms with Gasteiger partial charge in [0, 0.05) is 10.8 Å². The van der Waals surface area contributed by atoms with Gasteiger partial charge in [-0.3, -0.25) is 6.08 Å². The molecule has 0 radical (unpaired) electrons. The third kappa shape index (κ3) is 9.44. The molecule has 3 heteroatoms. The quantitative estimate of drug-likeness (QED) is 0.161. The Morgan fingerprint density at radius 1 is 0.673 bits per heavy atom. The maximum Gasteiger partial charge on any atom is -1.00 e. The predicted molar refractivity (Wildman–Crippen MR) is 230 cm³/mol. The van der Waals surface area contributed by atoms with Gasteiger partial charge in [0.15, 0.2) is 0 Å². The van der Waals surface area contributed by atoms with E-state index in [2.05, 4.69) is 199 Å². The molecule has 0 nitrogen and oxygen atoms in total. The minimum atomic E-state index is 0. The summed E-state index contributed by atoms with van der Waals surface area (Å²) in [6.07, 6.45) is 12.7. The average Bonchev–Trinajstić information content (AvgIpc) is 3.83. The summed E-state index contributed by atoms with van der Waals surface area (Å²) in [5.41, 5.74) is 15.9. The van der Waals surface area contributed by atoms with E-state index in [1.54, 1.807) is 0 Å². The Morgan fingerprint density at radius 2 is 1.07 bits per heavy atom. The van der Waals surface area contributed by atoms with E-state index >= 15 is 0 Å². The first-order valence-corrected chi connectivity index (χ1v) is 20.6. The first kappa shape index (κ1) is 44.8. The summed E-state index contributed by atoms with van der Waals surface area (Å²) >= 11 is 1.46. The molecule has 0 N–H and O–H groups in total. The molecule has 0 aliphatic heterocycles. The summed E-state index contributed by atoms with van der Waals surface area (Å²) in [5, 5.41) is 5.57. The van der Waals surface area contributed by atoms with Crippen LogP contribution in [0.4, 0.5) is 0 Å². The second-order valence-electron chi connectivity index (χ2n) is 18.3. The monoisotopic (exact) mass is 842 g/mol. The van der Waals surface area contributed by atoms with E-state index in [0.29, 0.717) is 11.8 Å². The predicted octanol–water partition coefficient (Wildman–Crippen LogP) is 8.13. The molecule has 0 spiro atoms. The SMILES string of the molecule is CC(C)C1[C-]=CC(C(C)(C)C)=C1.CC1=CC(C)(C)c2cc3[cH-]c4cc5c(cc4c3cc21)C(C)=CC5(C)C.Cc1ccc([C](=[Zr+2])c2ccc(C)cc2)cc1.[Cl-].[Cl-]. The van der Waals surface area contributed by atoms with E-state index in [1.165, 1.54) is 110 Å². The van der Waals surface area contributed by atoms with Crippen molar-refractivity contribution >= 4 is 35.9 Å². The van der Waals surface area contributed by atoms with Gasteiger partial charge in [0.25, 0.3) is 0 Å². The van der Waals surface area contributed by atoms with E-state index in [-0.39, 0.29) is 41.1 Å². The molecule has 0 bridgehead atoms. The van der Waals surface area contributed by atoms with Gasteiger partial charge in [-0.25, -0.2) is 6.08 Å². The topological polar surface area (TPSA) is 0 Å². The third-order valence-electron chi connectivity index (χ3n) is 11.4. The maximum absolute atomic E-state index is 3.40. The van der Waals surface area contributed by atoms with E-state index in [0.717, 1.165) is 0 Å². The Hall–Kier alpha value is -2.96. The van der Waals surface area contributed by atoms with Crippen LogP contribution in [0.3, 0.4) is 0 Å². The van der Waals surface area contributed by atoms with Gasteiger partial charge in [-0.1, -0.05) is 115 Å². The summed E-state index contributed by atoms with van der Waals surface area (Å²) in [5.74, 6) is 1.22. The van der Waals surface area contributed by atoms with Gasteiger partial charge < -0.3 is 24.8 Å². The van der Waals surface area contributed by atoms with E-state index in [4.69, 9.17) is 0 Å². The zero-order chi connectivity index (χ0) is 38.6. The Labute approximate surface area is 359 Å². The summed E-state index contributed by atoms with van der Waals surface area (Å²) < 4.78 is 1.42. The molecule has 0 fully saturated rings. The van der Waals surface area contributed by atoms with Crippen molar-refractivity contribution in [2.45, 2.75) is 101 Å². The number of hydrogen-bond donors (Lipinski definition) is 0. The molecule has 286 valence electrons. The minimum Gasteiger partial charge on any atom is -1.00 e. The third-order valence-corrected chi connectivity index (χ3v) is 12.8. The molecule has 0 heterocycles. The molecule has 1 unspecified atom stereocenters. The molecule has 0 amide bonds. The van der Waals surface area contributed by atoms with Crippen molar-refractivity contribution in [2.24, 2.45) is 17.3 Å². The summed E-state index contributed by atoms with van der Waals surface area (Å²) in [6, 6.07) is 29.6. The van der Waals surface area contributed by atoms with E-state index in [1.807, 2.05) is 0 Å². The Kier molecular flexibility index (Phi) is 13.7. The van der Waals surface area contributed by atoms with Gasteiger partial charge in [0.1, 0.15) is 0 Å². The zero-order valence-corrected chi connectivity index (χ0v) is 39.2. The van der Waals surface area contributed by atoms with E-state index in [9.17, 15) is 0 Å². The van der Waals surface area contributed by atoms with Crippen molar-refractivity contribution in [2.75, 3.05) is 0 Å². The first-order valence-electron chi connectivity index (χ1n) is 19.4. The van der Waals surface area contributed by atoms with Crippen LogP contribution in [-0.2, 0) is 35.1 Å². The van der Waals surface area contributed by atoms with Crippen molar-refractivity contribution in [3.05, 3.63) is 159 Å². The summed E-state index contributed by atoms with van der Waals surface area (Å²) in [6.45, 7) is 29.3. The fourth-order valence-electron chi connectivity index (χ4n) is 8.15. The molecule has 1 atom stereocenters. The maximum atomic E-state index is 3.40. The molecule has 0 aromatic heterocycles. The molecular formula is C52H58Cl2Zr-2. The van der Waals surface area contributed by atoms with Crippen molar-refractivity contribution in [1.29, 1.82) is 0 Å². The Balaban J connectivity index is 0.000000195. The van der Waals surface area contributed by atoms with Crippen LogP contribution in [0, 0.1) is 37.2 Å². The number of rotatable bonds is 3. The molecule has 0 saturated heterocycles. The fourth-order valence-corrected chi connectivity index (χ4v) is 8.97. The van der Waals surface area contributed by atoms with Gasteiger partial charge >= 0.3 is 112 Å². The number of allylic oxidation sites excluding steroid dienone is 8. The minimum absolute atomic E-state index is 0. The second-order valence-corrected chi connectivity index (χ2v) is 19.5. The molecule has 3 aliphatic rings. The second kappa shape index (κ2) is 16.9. The Bertz CT molecular complexity index is 2190. The van der Waals surface area contributed by atoms with Crippen LogP contribution >= 0.6 is 0 Å². The van der Waals surface area contributed by atoms with Crippen LogP contribution in [0.15, 0.2) is 109 Å². The van der Waals surface area contributed by atoms with Crippen molar-refractivity contribution in [3.63, 3.8) is 0 Å². The van der Waals surface area contributed by atoms with Gasteiger partial charge in [-0.2, -0.15) is 11.6 Å². The van der Waals surface area contributed by atoms with Crippen molar-refractivity contribution in [1.82, 2.24) is 0 Å². The van der Waals surface area contributed by atoms with Crippen molar-refractivity contribution < 1.29 is 49.0 Å². The number of halogens is 2. The molecular weight excluding hydrogens is 787 g/mol. The van der Waals surface area contributed by atoms with Gasteiger partial charge in [0.05, 0.1) is 0 Å². The van der Waals surface area contributed by atoms with Crippen LogP contribution in [0.5, 0.6) is 0 Å². The molecule has 5 aromatic rings. The molecule has 3 aliphatic carbocycles. The van der Waals surface area contributed by atoms with E-state index < -0.39 is 0 Å². The van der Waals surface area contributed by atoms with Crippen molar-refractivity contribution in [3.8, 4) is 0 Å². The van der Waals surface area contributed by atoms with Gasteiger partial charge in [-0.05, 0) is 36.1 Å². The first-order chi connectivity index (χ1) is 24.7. The number of aryl methyl sites for hydroxylation is 2. The van der Waals surface area contributed by atoms with Gasteiger partial charge in [0.2, 0.25) is 0 Å². The fraction of sp³-hybridized carbons (Fsp3) is 0.346. The number of benzene rings is 4. The van der Waals surface area contributed by atoms with Crippen LogP contribution in [-0.4, -0.2) is 3.21 Å². The molecule has 55 heavy (non-hydrogen) atoms. The normalized spacial score (nSPS) is 17.2. The van der Waals surface area contributed by atoms with Gasteiger partial charge in [-0.15, -0.1) is 39.7 Å². The average molecular weight is 845 g/mol. The molecule has 0 saturated carbocycles. The van der Waals surface area contributed by atoms with Crippen LogP contribution < -0.4 is 24.8 Å². The van der Waals surface area contributed by atoms with Crippen LogP contribution in [0.2, 0.25) is 0 Å². The van der Waals surface area contributed by atoms with Crippen LogP contribution in [0.1, 0.15) is 121 Å². The molecule has 8 rings (SSSR count). The Morgan fingerprint density at radius 3 is 1.40 bits per heavy atom. The summed E-state index contributed by atoms with van der Waals surface area (Å²) in [4.78, 5) is 0. The smallest absolute Gasteiger partial charge is 1.00 e.